The zero-order valence-electron chi connectivity index (χ0n) is 6.57. The first kappa shape index (κ1) is 11.0. The Kier molecular flexibility index (Phi) is 5.16. The predicted octanol–water partition coefficient (Wildman–Crippen LogP) is 1.71. The van der Waals surface area contributed by atoms with Crippen LogP contribution in [0.3, 0.4) is 0 Å². The molecule has 0 radical (unpaired) electrons. The monoisotopic (exact) mass is 182 g/mol. The molecule has 0 rings (SSSR count). The van der Waals surface area contributed by atoms with Gasteiger partial charge >= 0.3 is 5.97 Å². The summed E-state index contributed by atoms with van der Waals surface area (Å²) in [6.45, 7) is -1.20. The quantitative estimate of drug-likeness (QED) is 0.488. The van der Waals surface area contributed by atoms with E-state index < -0.39 is 30.7 Å². The van der Waals surface area contributed by atoms with Crippen LogP contribution in [0.25, 0.3) is 0 Å². The van der Waals surface area contributed by atoms with Gasteiger partial charge in [-0.25, -0.2) is 13.6 Å². The number of ether oxygens (including phenoxy) is 1. The first-order valence-electron chi connectivity index (χ1n) is 3.33. The van der Waals surface area contributed by atoms with E-state index in [0.717, 1.165) is 0 Å². The Balaban J connectivity index is 4.39. The fourth-order valence-electron chi connectivity index (χ4n) is 0.492. The van der Waals surface area contributed by atoms with Crippen molar-refractivity contribution in [3.05, 3.63) is 11.4 Å². The van der Waals surface area contributed by atoms with E-state index >= 15 is 0 Å². The SMILES string of the molecule is CCOC(=O)C(F)=C(CF)CF. The fraction of sp³-hybridized carbons (Fsp3) is 0.571. The molecule has 0 bridgehead atoms. The number of rotatable bonds is 4. The molecule has 0 fully saturated rings. The summed E-state index contributed by atoms with van der Waals surface area (Å²) in [7, 11) is 0. The van der Waals surface area contributed by atoms with Gasteiger partial charge in [0.2, 0.25) is 5.83 Å². The van der Waals surface area contributed by atoms with Crippen LogP contribution in [0, 0.1) is 0 Å². The molecule has 0 amide bonds. The van der Waals surface area contributed by atoms with Gasteiger partial charge in [0, 0.05) is 5.57 Å². The number of alkyl halides is 2. The van der Waals surface area contributed by atoms with Crippen molar-refractivity contribution in [3.63, 3.8) is 0 Å². The molecule has 2 nitrogen and oxygen atoms in total. The van der Waals surface area contributed by atoms with Crippen molar-refractivity contribution in [1.29, 1.82) is 0 Å². The third kappa shape index (κ3) is 2.94. The number of halogens is 3. The van der Waals surface area contributed by atoms with Gasteiger partial charge < -0.3 is 4.74 Å². The average molecular weight is 182 g/mol. The zero-order chi connectivity index (χ0) is 9.56. The van der Waals surface area contributed by atoms with Gasteiger partial charge in [0.25, 0.3) is 0 Å². The van der Waals surface area contributed by atoms with Gasteiger partial charge in [0.15, 0.2) is 0 Å². The van der Waals surface area contributed by atoms with Crippen molar-refractivity contribution in [2.75, 3.05) is 20.0 Å². The van der Waals surface area contributed by atoms with E-state index in [1.54, 1.807) is 0 Å². The van der Waals surface area contributed by atoms with E-state index in [1.165, 1.54) is 6.92 Å². The lowest BCUT2D eigenvalue weighted by atomic mass is 10.3. The molecule has 0 N–H and O–H groups in total. The highest BCUT2D eigenvalue weighted by Gasteiger charge is 2.15. The lowest BCUT2D eigenvalue weighted by molar-refractivity contribution is -0.140. The highest BCUT2D eigenvalue weighted by molar-refractivity contribution is 5.86. The maximum absolute atomic E-state index is 12.6. The van der Waals surface area contributed by atoms with Crippen molar-refractivity contribution in [3.8, 4) is 0 Å². The molecule has 0 aromatic heterocycles. The topological polar surface area (TPSA) is 26.3 Å². The number of hydrogen-bond donors (Lipinski definition) is 0. The summed E-state index contributed by atoms with van der Waals surface area (Å²) >= 11 is 0. The van der Waals surface area contributed by atoms with Crippen LogP contribution in [-0.2, 0) is 9.53 Å². The summed E-state index contributed by atoms with van der Waals surface area (Å²) in [5.41, 5.74) is -0.812. The van der Waals surface area contributed by atoms with Crippen LogP contribution in [0.1, 0.15) is 6.92 Å². The molecule has 0 aliphatic heterocycles. The first-order valence-corrected chi connectivity index (χ1v) is 3.33. The van der Waals surface area contributed by atoms with E-state index in [9.17, 15) is 18.0 Å². The van der Waals surface area contributed by atoms with E-state index in [1.807, 2.05) is 0 Å². The van der Waals surface area contributed by atoms with Crippen LogP contribution in [0.5, 0.6) is 0 Å². The van der Waals surface area contributed by atoms with E-state index in [4.69, 9.17) is 0 Å². The molecule has 0 aromatic carbocycles. The van der Waals surface area contributed by atoms with E-state index in [2.05, 4.69) is 4.74 Å². The largest absolute Gasteiger partial charge is 0.461 e. The van der Waals surface area contributed by atoms with Gasteiger partial charge in [-0.15, -0.1) is 0 Å². The number of hydrogen-bond acceptors (Lipinski definition) is 2. The Bertz CT molecular complexity index is 183. The maximum Gasteiger partial charge on any atom is 0.367 e. The number of esters is 1. The molecule has 12 heavy (non-hydrogen) atoms. The summed E-state index contributed by atoms with van der Waals surface area (Å²) in [6, 6.07) is 0. The lowest BCUT2D eigenvalue weighted by Gasteiger charge is -2.01. The minimum Gasteiger partial charge on any atom is -0.461 e. The Hall–Kier alpha value is -1.00. The van der Waals surface area contributed by atoms with Crippen LogP contribution < -0.4 is 0 Å². The predicted molar refractivity (Wildman–Crippen MR) is 36.7 cm³/mol. The summed E-state index contributed by atoms with van der Waals surface area (Å²) in [4.78, 5) is 10.5. The molecule has 70 valence electrons. The van der Waals surface area contributed by atoms with E-state index in [0.29, 0.717) is 0 Å². The van der Waals surface area contributed by atoms with Crippen molar-refractivity contribution in [2.45, 2.75) is 6.92 Å². The Morgan fingerprint density at radius 1 is 1.33 bits per heavy atom. The van der Waals surface area contributed by atoms with Gasteiger partial charge in [0.1, 0.15) is 13.3 Å². The van der Waals surface area contributed by atoms with Crippen molar-refractivity contribution >= 4 is 5.97 Å². The summed E-state index contributed by atoms with van der Waals surface area (Å²) < 4.78 is 40.3. The Morgan fingerprint density at radius 2 is 1.83 bits per heavy atom. The molecule has 0 spiro atoms. The van der Waals surface area contributed by atoms with Crippen LogP contribution >= 0.6 is 0 Å². The molecule has 0 aliphatic rings. The molecule has 5 heteroatoms. The highest BCUT2D eigenvalue weighted by atomic mass is 19.1. The normalized spacial score (nSPS) is 9.33. The lowest BCUT2D eigenvalue weighted by Crippen LogP contribution is -2.08. The third-order valence-corrected chi connectivity index (χ3v) is 1.09. The van der Waals surface area contributed by atoms with Gasteiger partial charge in [-0.1, -0.05) is 0 Å². The number of allylic oxidation sites excluding steroid dienone is 1. The van der Waals surface area contributed by atoms with Crippen LogP contribution in [0.4, 0.5) is 13.2 Å². The summed E-state index contributed by atoms with van der Waals surface area (Å²) in [6.07, 6.45) is 0. The van der Waals surface area contributed by atoms with Gasteiger partial charge in [-0.2, -0.15) is 4.39 Å². The van der Waals surface area contributed by atoms with Crippen LogP contribution in [0.15, 0.2) is 11.4 Å². The fourth-order valence-corrected chi connectivity index (χ4v) is 0.492. The van der Waals surface area contributed by atoms with Crippen molar-refractivity contribution < 1.29 is 22.7 Å². The molecule has 0 unspecified atom stereocenters. The molecule has 0 saturated carbocycles. The number of carbonyl (C=O) groups excluding carboxylic acids is 1. The number of carbonyl (C=O) groups is 1. The van der Waals surface area contributed by atoms with E-state index in [-0.39, 0.29) is 6.61 Å². The van der Waals surface area contributed by atoms with Gasteiger partial charge in [-0.05, 0) is 6.92 Å². The molecule has 0 aliphatic carbocycles. The molecular formula is C7H9F3O2. The van der Waals surface area contributed by atoms with Crippen molar-refractivity contribution in [1.82, 2.24) is 0 Å². The zero-order valence-corrected chi connectivity index (χ0v) is 6.57. The second-order valence-corrected chi connectivity index (χ2v) is 1.91. The molecule has 0 atom stereocenters. The van der Waals surface area contributed by atoms with Crippen LogP contribution in [-0.4, -0.2) is 25.9 Å². The smallest absolute Gasteiger partial charge is 0.367 e. The minimum atomic E-state index is -1.47. The second kappa shape index (κ2) is 5.62. The van der Waals surface area contributed by atoms with Gasteiger partial charge in [0.05, 0.1) is 6.61 Å². The third-order valence-electron chi connectivity index (χ3n) is 1.09. The molecular weight excluding hydrogens is 173 g/mol. The molecule has 0 aromatic rings. The summed E-state index contributed by atoms with van der Waals surface area (Å²) in [5, 5.41) is 0. The molecule has 0 heterocycles. The Morgan fingerprint density at radius 3 is 2.17 bits per heavy atom. The summed E-state index contributed by atoms with van der Waals surface area (Å²) in [5.74, 6) is -2.79. The average Bonchev–Trinajstić information content (AvgIpc) is 2.07. The van der Waals surface area contributed by atoms with Crippen LogP contribution in [0.2, 0.25) is 0 Å². The molecule has 0 saturated heterocycles. The maximum atomic E-state index is 12.6. The standard InChI is InChI=1S/C7H9F3O2/c1-2-12-7(11)6(10)5(3-8)4-9/h2-4H2,1H3. The second-order valence-electron chi connectivity index (χ2n) is 1.91. The van der Waals surface area contributed by atoms with Gasteiger partial charge in [-0.3, -0.25) is 0 Å². The first-order chi connectivity index (χ1) is 5.67. The minimum absolute atomic E-state index is 0.0297. The Labute approximate surface area is 68.0 Å². The highest BCUT2D eigenvalue weighted by Crippen LogP contribution is 2.09. The van der Waals surface area contributed by atoms with Crippen molar-refractivity contribution in [2.24, 2.45) is 0 Å².